The smallest absolute Gasteiger partial charge is 0.251 e. The minimum Gasteiger partial charge on any atom is -0.355 e. The van der Waals surface area contributed by atoms with Crippen molar-refractivity contribution in [3.05, 3.63) is 36.2 Å². The van der Waals surface area contributed by atoms with E-state index in [-0.39, 0.29) is 5.91 Å². The van der Waals surface area contributed by atoms with E-state index < -0.39 is 0 Å². The molecule has 0 fully saturated rings. The van der Waals surface area contributed by atoms with E-state index in [1.807, 2.05) is 6.07 Å². The lowest BCUT2D eigenvalue weighted by Crippen LogP contribution is -2.17. The van der Waals surface area contributed by atoms with Gasteiger partial charge in [0.1, 0.15) is 0 Å². The van der Waals surface area contributed by atoms with Crippen LogP contribution in [0.3, 0.4) is 0 Å². The van der Waals surface area contributed by atoms with E-state index in [9.17, 15) is 4.79 Å². The predicted molar refractivity (Wildman–Crippen MR) is 52.9 cm³/mol. The van der Waals surface area contributed by atoms with E-state index in [4.69, 9.17) is 0 Å². The quantitative estimate of drug-likeness (QED) is 0.724. The Labute approximate surface area is 81.0 Å². The first-order valence-corrected chi connectivity index (χ1v) is 4.24. The van der Waals surface area contributed by atoms with Crippen LogP contribution in [0.5, 0.6) is 0 Å². The van der Waals surface area contributed by atoms with E-state index in [1.54, 1.807) is 31.6 Å². The van der Waals surface area contributed by atoms with Crippen molar-refractivity contribution in [1.29, 1.82) is 0 Å². The highest BCUT2D eigenvalue weighted by Crippen LogP contribution is 2.13. The van der Waals surface area contributed by atoms with Crippen molar-refractivity contribution in [2.75, 3.05) is 7.05 Å². The Morgan fingerprint density at radius 1 is 1.21 bits per heavy atom. The molecule has 0 aliphatic carbocycles. The Balaban J connectivity index is 2.56. The summed E-state index contributed by atoms with van der Waals surface area (Å²) in [5.41, 5.74) is 0.632. The third-order valence-electron chi connectivity index (χ3n) is 2.04. The van der Waals surface area contributed by atoms with Crippen molar-refractivity contribution in [2.24, 2.45) is 0 Å². The van der Waals surface area contributed by atoms with Crippen LogP contribution in [0.1, 0.15) is 10.4 Å². The van der Waals surface area contributed by atoms with Crippen molar-refractivity contribution in [3.63, 3.8) is 0 Å². The number of nitrogens with one attached hydrogen (secondary N) is 1. The molecule has 0 aliphatic rings. The van der Waals surface area contributed by atoms with E-state index in [0.29, 0.717) is 5.56 Å². The van der Waals surface area contributed by atoms with Crippen molar-refractivity contribution in [1.82, 2.24) is 15.5 Å². The molecule has 1 N–H and O–H groups in total. The molecule has 70 valence electrons. The fourth-order valence-corrected chi connectivity index (χ4v) is 1.28. The summed E-state index contributed by atoms with van der Waals surface area (Å²) in [6, 6.07) is 5.42. The minimum atomic E-state index is -0.0938. The van der Waals surface area contributed by atoms with Crippen molar-refractivity contribution < 1.29 is 4.79 Å². The monoisotopic (exact) mass is 187 g/mol. The molecule has 1 amide bonds. The standard InChI is InChI=1S/C10H9N3O/c1-11-10(14)7-2-3-8-5-12-13-6-9(8)4-7/h2-6H,1H3,(H,11,14). The summed E-state index contributed by atoms with van der Waals surface area (Å²) >= 11 is 0. The van der Waals surface area contributed by atoms with Crippen LogP contribution < -0.4 is 5.32 Å². The molecule has 0 atom stereocenters. The lowest BCUT2D eigenvalue weighted by molar-refractivity contribution is 0.0963. The summed E-state index contributed by atoms with van der Waals surface area (Å²) in [6.45, 7) is 0. The Morgan fingerprint density at radius 2 is 1.93 bits per heavy atom. The van der Waals surface area contributed by atoms with E-state index in [2.05, 4.69) is 15.5 Å². The molecule has 0 saturated carbocycles. The molecule has 14 heavy (non-hydrogen) atoms. The van der Waals surface area contributed by atoms with Gasteiger partial charge in [0.2, 0.25) is 0 Å². The average molecular weight is 187 g/mol. The van der Waals surface area contributed by atoms with E-state index in [0.717, 1.165) is 10.8 Å². The van der Waals surface area contributed by atoms with E-state index in [1.165, 1.54) is 0 Å². The SMILES string of the molecule is CNC(=O)c1ccc2cnncc2c1. The fourth-order valence-electron chi connectivity index (χ4n) is 1.28. The molecule has 0 spiro atoms. The van der Waals surface area contributed by atoms with Crippen molar-refractivity contribution >= 4 is 16.7 Å². The van der Waals surface area contributed by atoms with Crippen LogP contribution in [0, 0.1) is 0 Å². The molecule has 0 unspecified atom stereocenters. The highest BCUT2D eigenvalue weighted by atomic mass is 16.1. The Hall–Kier alpha value is -1.97. The number of fused-ring (bicyclic) bond motifs is 1. The molecular weight excluding hydrogens is 178 g/mol. The Morgan fingerprint density at radius 3 is 2.64 bits per heavy atom. The number of carbonyl (C=O) groups is 1. The largest absolute Gasteiger partial charge is 0.355 e. The summed E-state index contributed by atoms with van der Waals surface area (Å²) in [4.78, 5) is 11.3. The van der Waals surface area contributed by atoms with Gasteiger partial charge >= 0.3 is 0 Å². The van der Waals surface area contributed by atoms with Gasteiger partial charge in [-0.05, 0) is 12.1 Å². The summed E-state index contributed by atoms with van der Waals surface area (Å²) in [5, 5.41) is 12.0. The number of carbonyl (C=O) groups excluding carboxylic acids is 1. The first-order chi connectivity index (χ1) is 6.81. The van der Waals surface area contributed by atoms with Gasteiger partial charge in [0.25, 0.3) is 5.91 Å². The Bertz CT molecular complexity index is 482. The zero-order valence-corrected chi connectivity index (χ0v) is 7.69. The van der Waals surface area contributed by atoms with Crippen LogP contribution in [-0.2, 0) is 0 Å². The van der Waals surface area contributed by atoms with Crippen LogP contribution in [0.15, 0.2) is 30.6 Å². The lowest BCUT2D eigenvalue weighted by atomic mass is 10.1. The number of hydrogen-bond acceptors (Lipinski definition) is 3. The van der Waals surface area contributed by atoms with Gasteiger partial charge in [0.05, 0.1) is 12.4 Å². The molecule has 1 heterocycles. The second-order valence-corrected chi connectivity index (χ2v) is 2.91. The fraction of sp³-hybridized carbons (Fsp3) is 0.100. The number of benzene rings is 1. The zero-order chi connectivity index (χ0) is 9.97. The van der Waals surface area contributed by atoms with Crippen LogP contribution in [0.4, 0.5) is 0 Å². The second-order valence-electron chi connectivity index (χ2n) is 2.91. The van der Waals surface area contributed by atoms with Crippen LogP contribution in [0.2, 0.25) is 0 Å². The van der Waals surface area contributed by atoms with E-state index >= 15 is 0 Å². The summed E-state index contributed by atoms with van der Waals surface area (Å²) < 4.78 is 0. The van der Waals surface area contributed by atoms with Crippen LogP contribution in [0.25, 0.3) is 10.8 Å². The highest BCUT2D eigenvalue weighted by molar-refractivity contribution is 5.98. The number of rotatable bonds is 1. The molecule has 0 aliphatic heterocycles. The summed E-state index contributed by atoms with van der Waals surface area (Å²) in [6.07, 6.45) is 3.31. The molecule has 4 nitrogen and oxygen atoms in total. The highest BCUT2D eigenvalue weighted by Gasteiger charge is 2.03. The molecule has 4 heteroatoms. The van der Waals surface area contributed by atoms with Gasteiger partial charge in [0.15, 0.2) is 0 Å². The van der Waals surface area contributed by atoms with Crippen LogP contribution >= 0.6 is 0 Å². The maximum Gasteiger partial charge on any atom is 0.251 e. The third kappa shape index (κ3) is 1.42. The molecule has 2 aromatic rings. The average Bonchev–Trinajstić information content (AvgIpc) is 2.27. The Kier molecular flexibility index (Phi) is 2.10. The normalized spacial score (nSPS) is 10.1. The molecule has 0 saturated heterocycles. The number of hydrogen-bond donors (Lipinski definition) is 1. The number of amides is 1. The lowest BCUT2D eigenvalue weighted by Gasteiger charge is -2.00. The molecule has 1 aromatic heterocycles. The summed E-state index contributed by atoms with van der Waals surface area (Å²) in [5.74, 6) is -0.0938. The number of aromatic nitrogens is 2. The van der Waals surface area contributed by atoms with Gasteiger partial charge in [-0.3, -0.25) is 4.79 Å². The van der Waals surface area contributed by atoms with Crippen molar-refractivity contribution in [2.45, 2.75) is 0 Å². The minimum absolute atomic E-state index is 0.0938. The first-order valence-electron chi connectivity index (χ1n) is 4.24. The van der Waals surface area contributed by atoms with Gasteiger partial charge in [-0.1, -0.05) is 6.07 Å². The zero-order valence-electron chi connectivity index (χ0n) is 7.69. The van der Waals surface area contributed by atoms with Crippen molar-refractivity contribution in [3.8, 4) is 0 Å². The van der Waals surface area contributed by atoms with Crippen LogP contribution in [-0.4, -0.2) is 23.2 Å². The first kappa shape index (κ1) is 8.62. The second kappa shape index (κ2) is 3.41. The van der Waals surface area contributed by atoms with Gasteiger partial charge in [0, 0.05) is 23.4 Å². The van der Waals surface area contributed by atoms with Gasteiger partial charge in [-0.15, -0.1) is 0 Å². The predicted octanol–water partition coefficient (Wildman–Crippen LogP) is 0.989. The van der Waals surface area contributed by atoms with Gasteiger partial charge in [-0.2, -0.15) is 10.2 Å². The molecule has 0 bridgehead atoms. The molecule has 2 rings (SSSR count). The molecule has 0 radical (unpaired) electrons. The topological polar surface area (TPSA) is 54.9 Å². The third-order valence-corrected chi connectivity index (χ3v) is 2.04. The molecular formula is C10H9N3O. The molecule has 1 aromatic carbocycles. The summed E-state index contributed by atoms with van der Waals surface area (Å²) in [7, 11) is 1.61. The van der Waals surface area contributed by atoms with Gasteiger partial charge < -0.3 is 5.32 Å². The van der Waals surface area contributed by atoms with Gasteiger partial charge in [-0.25, -0.2) is 0 Å². The maximum atomic E-state index is 11.3. The number of nitrogens with zero attached hydrogens (tertiary/aromatic N) is 2. The maximum absolute atomic E-state index is 11.3.